The number of aromatic nitrogens is 2. The fourth-order valence-electron chi connectivity index (χ4n) is 3.51. The van der Waals surface area contributed by atoms with Crippen LogP contribution in [-0.4, -0.2) is 34.1 Å². The predicted molar refractivity (Wildman–Crippen MR) is 106 cm³/mol. The Morgan fingerprint density at radius 3 is 2.65 bits per heavy atom. The molecule has 1 aromatic carbocycles. The molecule has 2 aromatic heterocycles. The maximum Gasteiger partial charge on any atom is 0.263 e. The van der Waals surface area contributed by atoms with Crippen LogP contribution in [0.15, 0.2) is 42.5 Å². The first kappa shape index (κ1) is 17.0. The minimum Gasteiger partial charge on any atom is -0.338 e. The number of H-pyrrole nitrogens is 1. The van der Waals surface area contributed by atoms with E-state index in [1.165, 1.54) is 17.5 Å². The number of thiophene rings is 1. The Labute approximate surface area is 157 Å². The van der Waals surface area contributed by atoms with Crippen molar-refractivity contribution < 1.29 is 4.79 Å². The number of carbonyl (C=O) groups excluding carboxylic acids is 1. The van der Waals surface area contributed by atoms with Crippen molar-refractivity contribution in [2.75, 3.05) is 13.1 Å². The van der Waals surface area contributed by atoms with Gasteiger partial charge in [-0.05, 0) is 43.9 Å². The molecule has 26 heavy (non-hydrogen) atoms. The molecule has 0 atom stereocenters. The number of benzene rings is 1. The largest absolute Gasteiger partial charge is 0.338 e. The lowest BCUT2D eigenvalue weighted by Gasteiger charge is -2.26. The molecule has 1 fully saturated rings. The van der Waals surface area contributed by atoms with Gasteiger partial charge in [-0.1, -0.05) is 30.3 Å². The molecule has 1 aliphatic rings. The van der Waals surface area contributed by atoms with Crippen molar-refractivity contribution in [1.29, 1.82) is 0 Å². The lowest BCUT2D eigenvalue weighted by molar-refractivity contribution is 0.0729. The molecule has 1 saturated heterocycles. The highest BCUT2D eigenvalue weighted by Crippen LogP contribution is 2.32. The van der Waals surface area contributed by atoms with Crippen molar-refractivity contribution >= 4 is 17.2 Å². The fourth-order valence-corrected chi connectivity index (χ4v) is 4.50. The van der Waals surface area contributed by atoms with Crippen molar-refractivity contribution in [2.45, 2.75) is 32.6 Å². The Morgan fingerprint density at radius 2 is 1.88 bits per heavy atom. The van der Waals surface area contributed by atoms with Gasteiger partial charge in [0, 0.05) is 30.8 Å². The summed E-state index contributed by atoms with van der Waals surface area (Å²) < 4.78 is 0. The van der Waals surface area contributed by atoms with Crippen LogP contribution in [0.25, 0.3) is 10.6 Å². The zero-order valence-electron chi connectivity index (χ0n) is 15.0. The van der Waals surface area contributed by atoms with Crippen molar-refractivity contribution in [3.05, 3.63) is 64.2 Å². The number of hydrogen-bond acceptors (Lipinski definition) is 3. The van der Waals surface area contributed by atoms with Gasteiger partial charge in [0.15, 0.2) is 0 Å². The summed E-state index contributed by atoms with van der Waals surface area (Å²) in [6.07, 6.45) is 4.30. The van der Waals surface area contributed by atoms with Gasteiger partial charge in [-0.2, -0.15) is 5.10 Å². The highest BCUT2D eigenvalue weighted by molar-refractivity contribution is 7.17. The maximum absolute atomic E-state index is 12.7. The lowest BCUT2D eigenvalue weighted by atomic mass is 10.0. The van der Waals surface area contributed by atoms with E-state index in [0.29, 0.717) is 0 Å². The molecule has 0 radical (unpaired) electrons. The van der Waals surface area contributed by atoms with Gasteiger partial charge in [-0.3, -0.25) is 9.89 Å². The topological polar surface area (TPSA) is 49.0 Å². The number of nitrogens with one attached hydrogen (secondary N) is 1. The Bertz CT molecular complexity index is 891. The van der Waals surface area contributed by atoms with Crippen LogP contribution in [0.5, 0.6) is 0 Å². The highest BCUT2D eigenvalue weighted by Gasteiger charge is 2.21. The second-order valence-corrected chi connectivity index (χ2v) is 7.94. The monoisotopic (exact) mass is 365 g/mol. The molecule has 1 N–H and O–H groups in total. The summed E-state index contributed by atoms with van der Waals surface area (Å²) >= 11 is 1.55. The molecular formula is C21H23N3OS. The molecule has 3 heterocycles. The van der Waals surface area contributed by atoms with Crippen LogP contribution >= 0.6 is 11.3 Å². The summed E-state index contributed by atoms with van der Waals surface area (Å²) in [5.41, 5.74) is 4.52. The van der Waals surface area contributed by atoms with Crippen LogP contribution in [0.2, 0.25) is 0 Å². The second kappa shape index (κ2) is 7.46. The molecule has 5 heteroatoms. The van der Waals surface area contributed by atoms with Crippen LogP contribution in [0.4, 0.5) is 0 Å². The standard InChI is InChI=1S/C21H23N3OS/c1-15-17(14-16-8-4-2-5-9-16)20(23-22-15)18-10-11-19(26-18)21(25)24-12-6-3-7-13-24/h2,4-5,8-11H,3,6-7,12-14H2,1H3,(H,22,23). The number of hydrogen-bond donors (Lipinski definition) is 1. The molecule has 134 valence electrons. The molecule has 3 aromatic rings. The van der Waals surface area contributed by atoms with Crippen molar-refractivity contribution in [1.82, 2.24) is 15.1 Å². The molecule has 0 bridgehead atoms. The Kier molecular flexibility index (Phi) is 4.89. The van der Waals surface area contributed by atoms with Gasteiger partial charge >= 0.3 is 0 Å². The van der Waals surface area contributed by atoms with Gasteiger partial charge in [0.1, 0.15) is 5.69 Å². The number of amides is 1. The van der Waals surface area contributed by atoms with Crippen LogP contribution in [0.3, 0.4) is 0 Å². The Hall–Kier alpha value is -2.40. The normalized spacial score (nSPS) is 14.6. The van der Waals surface area contributed by atoms with Crippen LogP contribution in [0, 0.1) is 6.92 Å². The first-order valence-corrected chi connectivity index (χ1v) is 10.0. The summed E-state index contributed by atoms with van der Waals surface area (Å²) in [7, 11) is 0. The first-order valence-electron chi connectivity index (χ1n) is 9.19. The van der Waals surface area contributed by atoms with Crippen LogP contribution in [-0.2, 0) is 6.42 Å². The van der Waals surface area contributed by atoms with Crippen LogP contribution in [0.1, 0.15) is 45.8 Å². The summed E-state index contributed by atoms with van der Waals surface area (Å²) in [4.78, 5) is 16.6. The van der Waals surface area contributed by atoms with Gasteiger partial charge in [0.05, 0.1) is 9.75 Å². The van der Waals surface area contributed by atoms with Gasteiger partial charge in [-0.15, -0.1) is 11.3 Å². The minimum atomic E-state index is 0.165. The van der Waals surface area contributed by atoms with Crippen molar-refractivity contribution in [2.24, 2.45) is 0 Å². The van der Waals surface area contributed by atoms with E-state index in [4.69, 9.17) is 0 Å². The Morgan fingerprint density at radius 1 is 1.12 bits per heavy atom. The van der Waals surface area contributed by atoms with E-state index in [1.54, 1.807) is 11.3 Å². The van der Waals surface area contributed by atoms with E-state index in [1.807, 2.05) is 23.1 Å². The molecule has 1 aliphatic heterocycles. The first-order chi connectivity index (χ1) is 12.7. The number of carbonyl (C=O) groups is 1. The number of nitrogens with zero attached hydrogens (tertiary/aromatic N) is 2. The number of piperidine rings is 1. The molecule has 1 amide bonds. The molecule has 4 nitrogen and oxygen atoms in total. The molecule has 4 rings (SSSR count). The van der Waals surface area contributed by atoms with Gasteiger partial charge < -0.3 is 4.90 Å². The van der Waals surface area contributed by atoms with E-state index >= 15 is 0 Å². The van der Waals surface area contributed by atoms with E-state index in [9.17, 15) is 4.79 Å². The second-order valence-electron chi connectivity index (χ2n) is 6.85. The summed E-state index contributed by atoms with van der Waals surface area (Å²) in [5.74, 6) is 0.165. The maximum atomic E-state index is 12.7. The zero-order chi connectivity index (χ0) is 17.9. The number of likely N-dealkylation sites (tertiary alicyclic amines) is 1. The van der Waals surface area contributed by atoms with E-state index in [0.717, 1.165) is 53.5 Å². The number of rotatable bonds is 4. The molecule has 0 aliphatic carbocycles. The van der Waals surface area contributed by atoms with Gasteiger partial charge in [-0.25, -0.2) is 0 Å². The third-order valence-electron chi connectivity index (χ3n) is 4.99. The summed E-state index contributed by atoms with van der Waals surface area (Å²) in [5, 5.41) is 7.65. The molecule has 0 spiro atoms. The minimum absolute atomic E-state index is 0.165. The fraction of sp³-hybridized carbons (Fsp3) is 0.333. The zero-order valence-corrected chi connectivity index (χ0v) is 15.8. The third-order valence-corrected chi connectivity index (χ3v) is 6.07. The van der Waals surface area contributed by atoms with Gasteiger partial charge in [0.2, 0.25) is 0 Å². The van der Waals surface area contributed by atoms with Gasteiger partial charge in [0.25, 0.3) is 5.91 Å². The molecular weight excluding hydrogens is 342 g/mol. The summed E-state index contributed by atoms with van der Waals surface area (Å²) in [6.45, 7) is 3.82. The average Bonchev–Trinajstić information content (AvgIpc) is 3.30. The third kappa shape index (κ3) is 3.44. The molecule has 0 saturated carbocycles. The quantitative estimate of drug-likeness (QED) is 0.731. The van der Waals surface area contributed by atoms with E-state index in [-0.39, 0.29) is 5.91 Å². The Balaban J connectivity index is 1.59. The van der Waals surface area contributed by atoms with E-state index < -0.39 is 0 Å². The van der Waals surface area contributed by atoms with Crippen molar-refractivity contribution in [3.8, 4) is 10.6 Å². The summed E-state index contributed by atoms with van der Waals surface area (Å²) in [6, 6.07) is 14.4. The van der Waals surface area contributed by atoms with E-state index in [2.05, 4.69) is 41.4 Å². The molecule has 0 unspecified atom stereocenters. The predicted octanol–water partition coefficient (Wildman–Crippen LogP) is 4.66. The lowest BCUT2D eigenvalue weighted by Crippen LogP contribution is -2.35. The van der Waals surface area contributed by atoms with Crippen LogP contribution < -0.4 is 0 Å². The smallest absolute Gasteiger partial charge is 0.263 e. The highest BCUT2D eigenvalue weighted by atomic mass is 32.1. The number of aromatic amines is 1. The van der Waals surface area contributed by atoms with Crippen molar-refractivity contribution in [3.63, 3.8) is 0 Å². The number of aryl methyl sites for hydroxylation is 1. The SMILES string of the molecule is Cc1[nH]nc(-c2ccc(C(=O)N3CCCCC3)s2)c1Cc1ccccc1. The average molecular weight is 366 g/mol.